The van der Waals surface area contributed by atoms with Gasteiger partial charge in [-0.05, 0) is 28.8 Å². The molecule has 0 saturated carbocycles. The zero-order chi connectivity index (χ0) is 11.2. The van der Waals surface area contributed by atoms with E-state index in [1.54, 1.807) is 16.4 Å². The SMILES string of the molecule is Cn1nnnc1SCCCc1ccccc1. The molecule has 0 unspecified atom stereocenters. The number of rotatable bonds is 5. The first kappa shape index (κ1) is 11.1. The Labute approximate surface area is 99.1 Å². The van der Waals surface area contributed by atoms with Gasteiger partial charge in [-0.2, -0.15) is 0 Å². The molecule has 2 rings (SSSR count). The van der Waals surface area contributed by atoms with Gasteiger partial charge in [0, 0.05) is 12.8 Å². The molecule has 84 valence electrons. The molecule has 1 heterocycles. The number of tetrazole rings is 1. The van der Waals surface area contributed by atoms with E-state index in [-0.39, 0.29) is 0 Å². The van der Waals surface area contributed by atoms with Crippen LogP contribution in [-0.4, -0.2) is 26.0 Å². The fourth-order valence-electron chi connectivity index (χ4n) is 1.43. The van der Waals surface area contributed by atoms with Gasteiger partial charge in [0.15, 0.2) is 0 Å². The van der Waals surface area contributed by atoms with E-state index in [9.17, 15) is 0 Å². The van der Waals surface area contributed by atoms with E-state index in [4.69, 9.17) is 0 Å². The second-order valence-corrected chi connectivity index (χ2v) is 4.58. The predicted molar refractivity (Wildman–Crippen MR) is 64.3 cm³/mol. The number of aromatic nitrogens is 4. The van der Waals surface area contributed by atoms with E-state index in [0.717, 1.165) is 23.8 Å². The number of hydrogen-bond donors (Lipinski definition) is 0. The molecule has 5 heteroatoms. The summed E-state index contributed by atoms with van der Waals surface area (Å²) in [5.41, 5.74) is 1.39. The number of hydrogen-bond acceptors (Lipinski definition) is 4. The van der Waals surface area contributed by atoms with Crippen LogP contribution in [0.2, 0.25) is 0 Å². The first-order valence-corrected chi connectivity index (χ1v) is 6.24. The summed E-state index contributed by atoms with van der Waals surface area (Å²) in [5.74, 6) is 1.04. The summed E-state index contributed by atoms with van der Waals surface area (Å²) in [6.45, 7) is 0. The van der Waals surface area contributed by atoms with Crippen LogP contribution in [0.3, 0.4) is 0 Å². The van der Waals surface area contributed by atoms with Gasteiger partial charge in [0.2, 0.25) is 5.16 Å². The van der Waals surface area contributed by atoms with Crippen molar-refractivity contribution in [2.24, 2.45) is 7.05 Å². The van der Waals surface area contributed by atoms with Crippen molar-refractivity contribution in [2.45, 2.75) is 18.0 Å². The highest BCUT2D eigenvalue weighted by molar-refractivity contribution is 7.99. The van der Waals surface area contributed by atoms with Crippen LogP contribution >= 0.6 is 11.8 Å². The van der Waals surface area contributed by atoms with Crippen LogP contribution in [0.25, 0.3) is 0 Å². The summed E-state index contributed by atoms with van der Waals surface area (Å²) in [4.78, 5) is 0. The highest BCUT2D eigenvalue weighted by Gasteiger charge is 2.01. The summed E-state index contributed by atoms with van der Waals surface area (Å²) in [5, 5.41) is 12.2. The fourth-order valence-corrected chi connectivity index (χ4v) is 2.22. The lowest BCUT2D eigenvalue weighted by atomic mass is 10.1. The van der Waals surface area contributed by atoms with Gasteiger partial charge in [0.1, 0.15) is 0 Å². The average Bonchev–Trinajstić information content (AvgIpc) is 2.72. The Morgan fingerprint density at radius 3 is 2.75 bits per heavy atom. The van der Waals surface area contributed by atoms with Gasteiger partial charge in [-0.3, -0.25) is 0 Å². The molecule has 1 aromatic heterocycles. The normalized spacial score (nSPS) is 10.6. The Balaban J connectivity index is 1.72. The molecule has 16 heavy (non-hydrogen) atoms. The predicted octanol–water partition coefficient (Wildman–Crippen LogP) is 1.93. The molecule has 0 atom stereocenters. The minimum Gasteiger partial charge on any atom is -0.224 e. The summed E-state index contributed by atoms with van der Waals surface area (Å²) >= 11 is 1.70. The molecule has 0 saturated heterocycles. The lowest BCUT2D eigenvalue weighted by Crippen LogP contribution is -1.94. The number of thioether (sulfide) groups is 1. The van der Waals surface area contributed by atoms with E-state index >= 15 is 0 Å². The van der Waals surface area contributed by atoms with Crippen LogP contribution in [-0.2, 0) is 13.5 Å². The van der Waals surface area contributed by atoms with Crippen LogP contribution < -0.4 is 0 Å². The number of nitrogens with zero attached hydrogens (tertiary/aromatic N) is 4. The zero-order valence-electron chi connectivity index (χ0n) is 9.21. The molecule has 4 nitrogen and oxygen atoms in total. The number of aryl methyl sites for hydroxylation is 2. The molecule has 0 aliphatic heterocycles. The van der Waals surface area contributed by atoms with Crippen molar-refractivity contribution in [3.63, 3.8) is 0 Å². The molecule has 2 aromatic rings. The van der Waals surface area contributed by atoms with Gasteiger partial charge in [-0.1, -0.05) is 42.1 Å². The van der Waals surface area contributed by atoms with E-state index in [0.29, 0.717) is 0 Å². The Morgan fingerprint density at radius 2 is 2.06 bits per heavy atom. The third kappa shape index (κ3) is 3.06. The summed E-state index contributed by atoms with van der Waals surface area (Å²) in [6.07, 6.45) is 2.25. The lowest BCUT2D eigenvalue weighted by Gasteiger charge is -2.00. The molecule has 0 N–H and O–H groups in total. The van der Waals surface area contributed by atoms with Gasteiger partial charge in [0.05, 0.1) is 0 Å². The van der Waals surface area contributed by atoms with E-state index in [1.807, 2.05) is 13.1 Å². The lowest BCUT2D eigenvalue weighted by molar-refractivity contribution is 0.664. The number of benzene rings is 1. The topological polar surface area (TPSA) is 43.6 Å². The second kappa shape index (κ2) is 5.65. The molecule has 0 aliphatic rings. The molecule has 0 amide bonds. The van der Waals surface area contributed by atoms with Gasteiger partial charge in [0.25, 0.3) is 0 Å². The van der Waals surface area contributed by atoms with Gasteiger partial charge >= 0.3 is 0 Å². The van der Waals surface area contributed by atoms with E-state index in [1.165, 1.54) is 5.56 Å². The van der Waals surface area contributed by atoms with Crippen LogP contribution in [0, 0.1) is 0 Å². The average molecular weight is 234 g/mol. The molecule has 0 spiro atoms. The molecular formula is C11H14N4S. The Kier molecular flexibility index (Phi) is 3.93. The van der Waals surface area contributed by atoms with Crippen molar-refractivity contribution in [1.82, 2.24) is 20.2 Å². The third-order valence-corrected chi connectivity index (χ3v) is 3.36. The van der Waals surface area contributed by atoms with Crippen molar-refractivity contribution < 1.29 is 0 Å². The highest BCUT2D eigenvalue weighted by Crippen LogP contribution is 2.14. The van der Waals surface area contributed by atoms with Gasteiger partial charge < -0.3 is 0 Å². The summed E-state index contributed by atoms with van der Waals surface area (Å²) in [6, 6.07) is 10.5. The minimum absolute atomic E-state index is 0.882. The van der Waals surface area contributed by atoms with Crippen LogP contribution in [0.5, 0.6) is 0 Å². The van der Waals surface area contributed by atoms with Crippen molar-refractivity contribution in [2.75, 3.05) is 5.75 Å². The smallest absolute Gasteiger partial charge is 0.209 e. The van der Waals surface area contributed by atoms with Crippen LogP contribution in [0.15, 0.2) is 35.5 Å². The zero-order valence-corrected chi connectivity index (χ0v) is 10.0. The van der Waals surface area contributed by atoms with E-state index < -0.39 is 0 Å². The largest absolute Gasteiger partial charge is 0.224 e. The maximum Gasteiger partial charge on any atom is 0.209 e. The molecule has 0 fully saturated rings. The molecule has 1 aromatic carbocycles. The minimum atomic E-state index is 0.882. The first-order chi connectivity index (χ1) is 7.86. The molecule has 0 bridgehead atoms. The van der Waals surface area contributed by atoms with Crippen molar-refractivity contribution in [1.29, 1.82) is 0 Å². The maximum absolute atomic E-state index is 3.93. The highest BCUT2D eigenvalue weighted by atomic mass is 32.2. The summed E-state index contributed by atoms with van der Waals surface area (Å²) < 4.78 is 1.70. The fraction of sp³-hybridized carbons (Fsp3) is 0.364. The van der Waals surface area contributed by atoms with Crippen molar-refractivity contribution in [3.05, 3.63) is 35.9 Å². The molecule has 0 aliphatic carbocycles. The van der Waals surface area contributed by atoms with Crippen molar-refractivity contribution >= 4 is 11.8 Å². The van der Waals surface area contributed by atoms with Crippen LogP contribution in [0.4, 0.5) is 0 Å². The second-order valence-electron chi connectivity index (χ2n) is 3.52. The standard InChI is InChI=1S/C11H14N4S/c1-15-11(12-13-14-15)16-9-5-8-10-6-3-2-4-7-10/h2-4,6-7H,5,8-9H2,1H3. The summed E-state index contributed by atoms with van der Waals surface area (Å²) in [7, 11) is 1.86. The van der Waals surface area contributed by atoms with E-state index in [2.05, 4.69) is 39.8 Å². The monoisotopic (exact) mass is 234 g/mol. The first-order valence-electron chi connectivity index (χ1n) is 5.25. The molecular weight excluding hydrogens is 220 g/mol. The van der Waals surface area contributed by atoms with Gasteiger partial charge in [-0.25, -0.2) is 4.68 Å². The molecule has 0 radical (unpaired) electrons. The Morgan fingerprint density at radius 1 is 1.25 bits per heavy atom. The Hall–Kier alpha value is -1.36. The Bertz CT molecular complexity index is 427. The van der Waals surface area contributed by atoms with Gasteiger partial charge in [-0.15, -0.1) is 5.10 Å². The third-order valence-electron chi connectivity index (χ3n) is 2.27. The van der Waals surface area contributed by atoms with Crippen LogP contribution in [0.1, 0.15) is 12.0 Å². The van der Waals surface area contributed by atoms with Crippen molar-refractivity contribution in [3.8, 4) is 0 Å². The maximum atomic E-state index is 3.93. The quantitative estimate of drug-likeness (QED) is 0.586.